The maximum atomic E-state index is 12.5. The molecule has 1 unspecified atom stereocenters. The number of aromatic nitrogens is 3. The fraction of sp³-hybridized carbons (Fsp3) is 0.449. The van der Waals surface area contributed by atoms with Crippen LogP contribution in [0.5, 0.6) is 34.9 Å². The van der Waals surface area contributed by atoms with Crippen LogP contribution in [0.4, 0.5) is 0 Å². The number of aliphatic carboxylic acids is 2. The van der Waals surface area contributed by atoms with Gasteiger partial charge in [-0.05, 0) is 37.5 Å². The van der Waals surface area contributed by atoms with E-state index in [1.54, 1.807) is 36.4 Å². The quantitative estimate of drug-likeness (QED) is 0.0348. The molecule has 0 saturated carbocycles. The molecule has 6 aromatic heterocycles. The Bertz CT molecular complexity index is 2540. The van der Waals surface area contributed by atoms with Crippen molar-refractivity contribution in [1.82, 2.24) is 15.0 Å². The second kappa shape index (κ2) is 31.0. The fourth-order valence-corrected chi connectivity index (χ4v) is 10.1. The summed E-state index contributed by atoms with van der Waals surface area (Å²) < 4.78 is 38.3. The van der Waals surface area contributed by atoms with Crippen molar-refractivity contribution < 1.29 is 129 Å². The molecule has 0 bridgehead atoms. The number of methoxy groups -OCH3 is 7. The van der Waals surface area contributed by atoms with Gasteiger partial charge in [0.1, 0.15) is 0 Å². The van der Waals surface area contributed by atoms with Gasteiger partial charge in [-0.2, -0.15) is 0 Å². The van der Waals surface area contributed by atoms with Crippen molar-refractivity contribution in [2.75, 3.05) is 49.8 Å². The van der Waals surface area contributed by atoms with Gasteiger partial charge < -0.3 is 48.8 Å². The number of hydrogen-bond donors (Lipinski definition) is 2. The van der Waals surface area contributed by atoms with Gasteiger partial charge in [0.2, 0.25) is 0 Å². The SMILES string of the molecule is CCCC(CC(=O)c1cc2nc(OC)c(OC)cc2s1)C(=O)OC.CCC[C@@H](CC(=O)c1cc2nc(OC)c(OC)cc2s1)C(=O)O.CCC[C@H](CC(=O)c1cc2nc(OC)c(OC)cc2s1)C(=O)O.[K+].[OH-]. The Morgan fingerprint density at radius 1 is 0.472 bits per heavy atom. The predicted octanol–water partition coefficient (Wildman–Crippen LogP) is 7.08. The number of carbonyl (C=O) groups excluding carboxylic acids is 4. The molecule has 72 heavy (non-hydrogen) atoms. The molecule has 3 atom stereocenters. The molecule has 386 valence electrons. The maximum Gasteiger partial charge on any atom is 1.00 e. The molecule has 0 spiro atoms. The van der Waals surface area contributed by atoms with Crippen molar-refractivity contribution in [2.45, 2.75) is 78.6 Å². The minimum atomic E-state index is -0.928. The number of Topliss-reactive ketones (excluding diaryl/α,β-unsaturated/α-hetero) is 3. The molecule has 0 radical (unpaired) electrons. The number of hydrogen-bond acceptors (Lipinski definition) is 20. The van der Waals surface area contributed by atoms with Gasteiger partial charge in [-0.25, -0.2) is 15.0 Å². The molecule has 6 aromatic rings. The Labute approximate surface area is 471 Å². The number of carboxylic acids is 2. The summed E-state index contributed by atoms with van der Waals surface area (Å²) in [5.41, 5.74) is 1.95. The van der Waals surface area contributed by atoms with Crippen LogP contribution in [-0.2, 0) is 19.1 Å². The topological polar surface area (TPSA) is 276 Å². The Kier molecular flexibility index (Phi) is 27.2. The van der Waals surface area contributed by atoms with Crippen molar-refractivity contribution in [1.29, 1.82) is 0 Å². The zero-order chi connectivity index (χ0) is 51.7. The zero-order valence-corrected chi connectivity index (χ0v) is 47.8. The summed E-state index contributed by atoms with van der Waals surface area (Å²) >= 11 is 3.90. The van der Waals surface area contributed by atoms with Crippen molar-refractivity contribution in [2.24, 2.45) is 17.8 Å². The molecule has 3 N–H and O–H groups in total. The fourth-order valence-electron chi connectivity index (χ4n) is 7.20. The molecule has 6 heterocycles. The number of rotatable bonds is 24. The average molecular weight is 1080 g/mol. The summed E-state index contributed by atoms with van der Waals surface area (Å²) in [5, 5.41) is 18.4. The number of ether oxygens (including phenoxy) is 7. The van der Waals surface area contributed by atoms with Crippen LogP contribution in [0.25, 0.3) is 30.6 Å². The van der Waals surface area contributed by atoms with E-state index in [0.29, 0.717) is 85.3 Å². The first-order valence-corrected chi connectivity index (χ1v) is 24.7. The predicted molar refractivity (Wildman–Crippen MR) is 269 cm³/mol. The summed E-state index contributed by atoms with van der Waals surface area (Å²) in [6.07, 6.45) is 4.03. The van der Waals surface area contributed by atoms with E-state index in [4.69, 9.17) is 33.2 Å². The van der Waals surface area contributed by atoms with Crippen molar-refractivity contribution in [3.05, 3.63) is 51.0 Å². The van der Waals surface area contributed by atoms with Crippen molar-refractivity contribution in [3.8, 4) is 34.9 Å². The molecule has 23 heteroatoms. The Hall–Kier alpha value is -4.85. The number of nitrogens with zero attached hydrogens (tertiary/aromatic N) is 3. The monoisotopic (exact) mass is 1080 g/mol. The van der Waals surface area contributed by atoms with Crippen molar-refractivity contribution in [3.63, 3.8) is 0 Å². The molecule has 6 rings (SSSR count). The Balaban J connectivity index is 0.000000365. The second-order valence-electron chi connectivity index (χ2n) is 15.6. The van der Waals surface area contributed by atoms with Gasteiger partial charge in [-0.15, -0.1) is 34.0 Å². The Morgan fingerprint density at radius 3 is 0.986 bits per heavy atom. The number of carboxylic acid groups (broad SMARTS) is 2. The van der Waals surface area contributed by atoms with Gasteiger partial charge in [0, 0.05) is 37.5 Å². The molecule has 0 fully saturated rings. The molecular weight excluding hydrogens is 1020 g/mol. The van der Waals surface area contributed by atoms with E-state index >= 15 is 0 Å². The summed E-state index contributed by atoms with van der Waals surface area (Å²) in [6, 6.07) is 10.4. The van der Waals surface area contributed by atoms with E-state index < -0.39 is 29.7 Å². The van der Waals surface area contributed by atoms with Gasteiger partial charge in [0.25, 0.3) is 17.6 Å². The first-order chi connectivity index (χ1) is 33.5. The van der Waals surface area contributed by atoms with Gasteiger partial charge in [-0.3, -0.25) is 28.8 Å². The largest absolute Gasteiger partial charge is 1.00 e. The van der Waals surface area contributed by atoms with Crippen LogP contribution < -0.4 is 79.8 Å². The number of ketones is 3. The van der Waals surface area contributed by atoms with E-state index in [1.807, 2.05) is 20.8 Å². The van der Waals surface area contributed by atoms with E-state index in [1.165, 1.54) is 83.8 Å². The molecular formula is C49H60KN3O16S3. The standard InChI is InChI=1S/C17H21NO5S.2C16H19NO5S.K.H2O/c1-5-6-10(17(20)23-4)7-12(19)15-8-11-14(24-15)9-13(21-2)16(18-11)22-3;2*1-4-5-9(16(19)20)6-11(18)14-7-10-13(23-14)8-12(21-2)15(17-10)22-3;;/h8-10H,5-7H2,1-4H3;2*7-9H,4-6H2,1-3H3,(H,19,20);;1H2/q;;;+1;/p-1/t;2*9-;;/m.10../s1. The van der Waals surface area contributed by atoms with Gasteiger partial charge in [0.05, 0.1) is 113 Å². The third kappa shape index (κ3) is 16.8. The second-order valence-corrected chi connectivity index (χ2v) is 18.9. The third-order valence-electron chi connectivity index (χ3n) is 10.8. The normalized spacial score (nSPS) is 11.8. The summed E-state index contributed by atoms with van der Waals surface area (Å²) in [6.45, 7) is 5.78. The minimum Gasteiger partial charge on any atom is -0.870 e. The molecule has 0 aromatic carbocycles. The van der Waals surface area contributed by atoms with E-state index in [9.17, 15) is 39.0 Å². The number of esters is 1. The average Bonchev–Trinajstić information content (AvgIpc) is 4.11. The molecule has 0 amide bonds. The first kappa shape index (κ1) is 63.3. The van der Waals surface area contributed by atoms with Gasteiger partial charge >= 0.3 is 69.3 Å². The molecule has 19 nitrogen and oxygen atoms in total. The van der Waals surface area contributed by atoms with E-state index in [0.717, 1.165) is 33.4 Å². The summed E-state index contributed by atoms with van der Waals surface area (Å²) in [4.78, 5) is 86.0. The van der Waals surface area contributed by atoms with Crippen LogP contribution in [0.2, 0.25) is 0 Å². The van der Waals surface area contributed by atoms with Crippen LogP contribution in [0, 0.1) is 17.8 Å². The maximum absolute atomic E-state index is 12.5. The molecule has 0 aliphatic heterocycles. The number of carbonyl (C=O) groups is 6. The number of thiophene rings is 3. The van der Waals surface area contributed by atoms with Crippen LogP contribution in [0.15, 0.2) is 36.4 Å². The van der Waals surface area contributed by atoms with Crippen LogP contribution in [0.3, 0.4) is 0 Å². The Morgan fingerprint density at radius 2 is 0.750 bits per heavy atom. The smallest absolute Gasteiger partial charge is 0.870 e. The van der Waals surface area contributed by atoms with Crippen LogP contribution in [-0.4, -0.2) is 116 Å². The van der Waals surface area contributed by atoms with Gasteiger partial charge in [0.15, 0.2) is 34.6 Å². The first-order valence-electron chi connectivity index (χ1n) is 22.2. The van der Waals surface area contributed by atoms with Crippen LogP contribution in [0.1, 0.15) is 108 Å². The summed E-state index contributed by atoms with van der Waals surface area (Å²) in [7, 11) is 10.4. The van der Waals surface area contributed by atoms with Crippen LogP contribution >= 0.6 is 34.0 Å². The van der Waals surface area contributed by atoms with E-state index in [2.05, 4.69) is 15.0 Å². The summed E-state index contributed by atoms with van der Waals surface area (Å²) in [5.74, 6) is -1.73. The molecule has 0 aliphatic rings. The van der Waals surface area contributed by atoms with Gasteiger partial charge in [-0.1, -0.05) is 40.0 Å². The van der Waals surface area contributed by atoms with Crippen molar-refractivity contribution >= 4 is 99.9 Å². The molecule has 0 aliphatic carbocycles. The number of fused-ring (bicyclic) bond motifs is 3. The zero-order valence-electron chi connectivity index (χ0n) is 42.3. The third-order valence-corrected chi connectivity index (χ3v) is 14.1. The minimum absolute atomic E-state index is 0. The number of pyridine rings is 3. The molecule has 0 saturated heterocycles. The van der Waals surface area contributed by atoms with E-state index in [-0.39, 0.29) is 99.4 Å².